The number of hydrogen-bond donors (Lipinski definition) is 1. The van der Waals surface area contributed by atoms with Crippen molar-refractivity contribution in [2.24, 2.45) is 0 Å². The van der Waals surface area contributed by atoms with E-state index in [1.54, 1.807) is 6.33 Å². The first-order valence-corrected chi connectivity index (χ1v) is 4.12. The Balaban J connectivity index is 2.98. The molecule has 3 heteroatoms. The number of benzene rings is 1. The highest BCUT2D eigenvalue weighted by Crippen LogP contribution is 2.12. The van der Waals surface area contributed by atoms with Crippen LogP contribution in [0.1, 0.15) is 5.56 Å². The lowest BCUT2D eigenvalue weighted by atomic mass is 10.2. The highest BCUT2D eigenvalue weighted by atomic mass is 32.1. The Morgan fingerprint density at radius 2 is 2.25 bits per heavy atom. The van der Waals surface area contributed by atoms with E-state index in [4.69, 9.17) is 12.2 Å². The highest BCUT2D eigenvalue weighted by Gasteiger charge is 1.94. The maximum absolute atomic E-state index is 5.08. The lowest BCUT2D eigenvalue weighted by Gasteiger charge is -1.97. The summed E-state index contributed by atoms with van der Waals surface area (Å²) in [5.74, 6) is 0. The molecule has 1 aromatic carbocycles. The SMILES string of the molecule is Cc1ccc2[nH]cnc(=S)c2c1. The summed E-state index contributed by atoms with van der Waals surface area (Å²) in [6.45, 7) is 2.04. The summed E-state index contributed by atoms with van der Waals surface area (Å²) < 4.78 is 0.660. The van der Waals surface area contributed by atoms with Crippen LogP contribution in [0.4, 0.5) is 0 Å². The molecule has 60 valence electrons. The van der Waals surface area contributed by atoms with Gasteiger partial charge < -0.3 is 4.98 Å². The number of aromatic nitrogens is 2. The fraction of sp³-hybridized carbons (Fsp3) is 0.111. The van der Waals surface area contributed by atoms with Crippen molar-refractivity contribution in [3.63, 3.8) is 0 Å². The summed E-state index contributed by atoms with van der Waals surface area (Å²) in [6, 6.07) is 6.11. The van der Waals surface area contributed by atoms with Crippen molar-refractivity contribution in [1.82, 2.24) is 9.97 Å². The van der Waals surface area contributed by atoms with Crippen molar-refractivity contribution in [2.45, 2.75) is 6.92 Å². The van der Waals surface area contributed by atoms with Gasteiger partial charge in [0.25, 0.3) is 0 Å². The van der Waals surface area contributed by atoms with Crippen molar-refractivity contribution in [1.29, 1.82) is 0 Å². The van der Waals surface area contributed by atoms with Gasteiger partial charge in [-0.3, -0.25) is 0 Å². The van der Waals surface area contributed by atoms with Gasteiger partial charge in [0, 0.05) is 10.9 Å². The summed E-state index contributed by atoms with van der Waals surface area (Å²) in [7, 11) is 0. The molecule has 0 amide bonds. The normalized spacial score (nSPS) is 10.4. The largest absolute Gasteiger partial charge is 0.346 e. The van der Waals surface area contributed by atoms with Crippen LogP contribution in [0.5, 0.6) is 0 Å². The van der Waals surface area contributed by atoms with Crippen LogP contribution in [-0.2, 0) is 0 Å². The lowest BCUT2D eigenvalue weighted by Crippen LogP contribution is -1.83. The molecule has 1 aromatic heterocycles. The third-order valence-corrected chi connectivity index (χ3v) is 2.13. The summed E-state index contributed by atoms with van der Waals surface area (Å²) in [6.07, 6.45) is 1.62. The van der Waals surface area contributed by atoms with Crippen LogP contribution in [-0.4, -0.2) is 9.97 Å². The minimum Gasteiger partial charge on any atom is -0.346 e. The average molecular weight is 176 g/mol. The van der Waals surface area contributed by atoms with Crippen LogP contribution in [0.25, 0.3) is 10.9 Å². The zero-order valence-corrected chi connectivity index (χ0v) is 7.48. The molecule has 0 unspecified atom stereocenters. The van der Waals surface area contributed by atoms with Crippen molar-refractivity contribution in [3.05, 3.63) is 34.7 Å². The Labute approximate surface area is 75.3 Å². The van der Waals surface area contributed by atoms with E-state index >= 15 is 0 Å². The topological polar surface area (TPSA) is 28.7 Å². The van der Waals surface area contributed by atoms with Crippen LogP contribution in [0.2, 0.25) is 0 Å². The van der Waals surface area contributed by atoms with Crippen LogP contribution >= 0.6 is 12.2 Å². The van der Waals surface area contributed by atoms with Gasteiger partial charge in [0.2, 0.25) is 0 Å². The Hall–Kier alpha value is -1.22. The minimum atomic E-state index is 0.660. The number of rotatable bonds is 0. The predicted molar refractivity (Wildman–Crippen MR) is 51.7 cm³/mol. The molecule has 0 bridgehead atoms. The minimum absolute atomic E-state index is 0.660. The molecule has 2 rings (SSSR count). The molecule has 0 saturated carbocycles. The Bertz CT molecular complexity index is 473. The van der Waals surface area contributed by atoms with Gasteiger partial charge in [-0.25, -0.2) is 4.98 Å². The van der Waals surface area contributed by atoms with E-state index in [-0.39, 0.29) is 0 Å². The molecule has 0 saturated heterocycles. The van der Waals surface area contributed by atoms with E-state index in [1.807, 2.05) is 25.1 Å². The summed E-state index contributed by atoms with van der Waals surface area (Å²) in [5, 5.41) is 1.02. The maximum Gasteiger partial charge on any atom is 0.137 e. The van der Waals surface area contributed by atoms with Crippen molar-refractivity contribution in [3.8, 4) is 0 Å². The van der Waals surface area contributed by atoms with Gasteiger partial charge in [-0.05, 0) is 19.1 Å². The molecular formula is C9H8N2S. The monoisotopic (exact) mass is 176 g/mol. The number of nitrogens with zero attached hydrogens (tertiary/aromatic N) is 1. The molecule has 0 aliphatic carbocycles. The van der Waals surface area contributed by atoms with Crippen LogP contribution < -0.4 is 0 Å². The second-order valence-corrected chi connectivity index (χ2v) is 3.14. The number of H-pyrrole nitrogens is 1. The molecule has 0 spiro atoms. The third-order valence-electron chi connectivity index (χ3n) is 1.81. The maximum atomic E-state index is 5.08. The van der Waals surface area contributed by atoms with E-state index in [2.05, 4.69) is 9.97 Å². The molecule has 1 N–H and O–H groups in total. The zero-order chi connectivity index (χ0) is 8.55. The fourth-order valence-corrected chi connectivity index (χ4v) is 1.41. The molecule has 1 heterocycles. The fourth-order valence-electron chi connectivity index (χ4n) is 1.19. The van der Waals surface area contributed by atoms with Gasteiger partial charge in [-0.15, -0.1) is 0 Å². The van der Waals surface area contributed by atoms with Crippen molar-refractivity contribution in [2.75, 3.05) is 0 Å². The first-order valence-electron chi connectivity index (χ1n) is 3.71. The zero-order valence-electron chi connectivity index (χ0n) is 6.66. The van der Waals surface area contributed by atoms with E-state index in [0.29, 0.717) is 4.64 Å². The van der Waals surface area contributed by atoms with Gasteiger partial charge in [0.05, 0.1) is 6.33 Å². The third kappa shape index (κ3) is 1.12. The van der Waals surface area contributed by atoms with Gasteiger partial charge in [-0.1, -0.05) is 23.8 Å². The molecule has 0 aliphatic rings. The highest BCUT2D eigenvalue weighted by molar-refractivity contribution is 7.71. The smallest absolute Gasteiger partial charge is 0.137 e. The molecular weight excluding hydrogens is 168 g/mol. The second kappa shape index (κ2) is 2.68. The molecule has 12 heavy (non-hydrogen) atoms. The van der Waals surface area contributed by atoms with Crippen molar-refractivity contribution < 1.29 is 0 Å². The summed E-state index contributed by atoms with van der Waals surface area (Å²) >= 11 is 5.08. The van der Waals surface area contributed by atoms with E-state index in [1.165, 1.54) is 5.56 Å². The molecule has 2 nitrogen and oxygen atoms in total. The number of fused-ring (bicyclic) bond motifs is 1. The molecule has 0 radical (unpaired) electrons. The van der Waals surface area contributed by atoms with Gasteiger partial charge in [-0.2, -0.15) is 0 Å². The number of hydrogen-bond acceptors (Lipinski definition) is 2. The predicted octanol–water partition coefficient (Wildman–Crippen LogP) is 2.60. The van der Waals surface area contributed by atoms with Gasteiger partial charge >= 0.3 is 0 Å². The Morgan fingerprint density at radius 3 is 3.08 bits per heavy atom. The Kier molecular flexibility index (Phi) is 1.66. The molecule has 2 aromatic rings. The Morgan fingerprint density at radius 1 is 1.42 bits per heavy atom. The van der Waals surface area contributed by atoms with E-state index in [9.17, 15) is 0 Å². The first-order chi connectivity index (χ1) is 5.77. The van der Waals surface area contributed by atoms with Crippen LogP contribution in [0.3, 0.4) is 0 Å². The average Bonchev–Trinajstić information content (AvgIpc) is 2.07. The van der Waals surface area contributed by atoms with Gasteiger partial charge in [0.1, 0.15) is 4.64 Å². The molecule has 0 atom stereocenters. The van der Waals surface area contributed by atoms with Crippen LogP contribution in [0.15, 0.2) is 24.5 Å². The number of aryl methyl sites for hydroxylation is 1. The summed E-state index contributed by atoms with van der Waals surface area (Å²) in [5.41, 5.74) is 2.25. The lowest BCUT2D eigenvalue weighted by molar-refractivity contribution is 1.20. The quantitative estimate of drug-likeness (QED) is 0.625. The van der Waals surface area contributed by atoms with Gasteiger partial charge in [0.15, 0.2) is 0 Å². The van der Waals surface area contributed by atoms with E-state index in [0.717, 1.165) is 10.9 Å². The molecule has 0 fully saturated rings. The second-order valence-electron chi connectivity index (χ2n) is 2.76. The summed E-state index contributed by atoms with van der Waals surface area (Å²) in [4.78, 5) is 7.05. The standard InChI is InChI=1S/C9H8N2S/c1-6-2-3-8-7(4-6)9(12)11-5-10-8/h2-5H,1H3,(H,10,11,12). The van der Waals surface area contributed by atoms with E-state index < -0.39 is 0 Å². The van der Waals surface area contributed by atoms with Crippen molar-refractivity contribution >= 4 is 23.1 Å². The number of aromatic amines is 1. The molecule has 0 aliphatic heterocycles. The number of nitrogens with one attached hydrogen (secondary N) is 1. The first kappa shape index (κ1) is 7.43. The van der Waals surface area contributed by atoms with Crippen LogP contribution in [0, 0.1) is 11.6 Å².